The molecule has 3 aliphatic rings. The van der Waals surface area contributed by atoms with E-state index in [2.05, 4.69) is 0 Å². The van der Waals surface area contributed by atoms with E-state index in [4.69, 9.17) is 13.6 Å². The number of carbonyl (C=O) groups is 1. The molecule has 3 heterocycles. The second kappa shape index (κ2) is 6.51. The third-order valence-corrected chi connectivity index (χ3v) is 5.00. The number of aliphatic hydroxyl groups is 1. The highest BCUT2D eigenvalue weighted by Gasteiger charge is 2.62. The predicted molar refractivity (Wildman–Crippen MR) is 89.7 cm³/mol. The Bertz CT molecular complexity index is 641. The van der Waals surface area contributed by atoms with Crippen molar-refractivity contribution >= 4 is 23.0 Å². The smallest absolute Gasteiger partial charge is 0.316 e. The highest BCUT2D eigenvalue weighted by molar-refractivity contribution is 8.93. The Morgan fingerprint density at radius 1 is 1.39 bits per heavy atom. The van der Waals surface area contributed by atoms with Crippen LogP contribution in [0.1, 0.15) is 28.4 Å². The number of esters is 1. The number of halogens is 1. The molecular formula is C17H22BrNO4. The maximum atomic E-state index is 12.5. The first-order valence-electron chi connectivity index (χ1n) is 9.20. The van der Waals surface area contributed by atoms with Crippen molar-refractivity contribution in [1.82, 2.24) is 4.90 Å². The summed E-state index contributed by atoms with van der Waals surface area (Å²) in [6, 6.07) is 8.56. The van der Waals surface area contributed by atoms with E-state index in [1.807, 2.05) is 18.2 Å². The van der Waals surface area contributed by atoms with Crippen LogP contribution >= 0.6 is 17.0 Å². The van der Waals surface area contributed by atoms with Gasteiger partial charge in [0.1, 0.15) is 24.2 Å². The van der Waals surface area contributed by atoms with Gasteiger partial charge in [-0.25, -0.2) is 0 Å². The molecule has 1 N–H and O–H groups in total. The zero-order valence-corrected chi connectivity index (χ0v) is 14.2. The molecule has 126 valence electrons. The van der Waals surface area contributed by atoms with E-state index in [1.54, 1.807) is 17.0 Å². The van der Waals surface area contributed by atoms with Crippen LogP contribution in [-0.4, -0.2) is 60.0 Å². The number of benzene rings is 1. The van der Waals surface area contributed by atoms with Gasteiger partial charge >= 0.3 is 5.97 Å². The monoisotopic (exact) mass is 386 g/mol. The quantitative estimate of drug-likeness (QED) is 0.627. The third-order valence-electron chi connectivity index (χ3n) is 5.00. The summed E-state index contributed by atoms with van der Waals surface area (Å²) in [5, 5.41) is 9.59. The lowest BCUT2D eigenvalue weighted by molar-refractivity contribution is -0.156. The molecular weight excluding hydrogens is 362 g/mol. The van der Waals surface area contributed by atoms with Crippen molar-refractivity contribution in [3.63, 3.8) is 0 Å². The topological polar surface area (TPSA) is 62.3 Å². The van der Waals surface area contributed by atoms with Crippen LogP contribution in [0.3, 0.4) is 0 Å². The molecule has 0 aromatic heterocycles. The zero-order chi connectivity index (χ0) is 17.8. The molecule has 6 heteroatoms. The van der Waals surface area contributed by atoms with Gasteiger partial charge in [0, 0.05) is 29.0 Å². The summed E-state index contributed by atoms with van der Waals surface area (Å²) in [6.45, 7) is -2.48. The summed E-state index contributed by atoms with van der Waals surface area (Å²) >= 11 is 0. The highest BCUT2D eigenvalue weighted by Crippen LogP contribution is 2.48. The first-order chi connectivity index (χ1) is 11.9. The van der Waals surface area contributed by atoms with Gasteiger partial charge in [-0.1, -0.05) is 30.3 Å². The number of fused-ring (bicyclic) bond motifs is 5. The number of nitrogens with zero attached hydrogens (tertiary/aromatic N) is 1. The minimum absolute atomic E-state index is 0. The normalized spacial score (nSPS) is 38.3. The molecule has 0 saturated carbocycles. The van der Waals surface area contributed by atoms with Crippen LogP contribution in [0.2, 0.25) is 0 Å². The van der Waals surface area contributed by atoms with Gasteiger partial charge < -0.3 is 14.6 Å². The number of epoxide rings is 1. The van der Waals surface area contributed by atoms with E-state index in [1.165, 1.54) is 0 Å². The van der Waals surface area contributed by atoms with Gasteiger partial charge in [-0.05, 0) is 12.5 Å². The molecule has 1 unspecified atom stereocenters. The molecule has 1 aromatic rings. The molecule has 0 radical (unpaired) electrons. The molecule has 0 spiro atoms. The Kier molecular flexibility index (Phi) is 3.78. The summed E-state index contributed by atoms with van der Waals surface area (Å²) in [5.74, 6) is -1.18. The number of rotatable bonds is 4. The van der Waals surface area contributed by atoms with Gasteiger partial charge in [0.15, 0.2) is 0 Å². The minimum Gasteiger partial charge on any atom is -0.462 e. The molecule has 1 aromatic carbocycles. The Balaban J connectivity index is 0.00000196. The summed E-state index contributed by atoms with van der Waals surface area (Å²) in [7, 11) is 0. The van der Waals surface area contributed by atoms with Gasteiger partial charge in [0.05, 0.1) is 6.61 Å². The number of ether oxygens (including phenoxy) is 2. The van der Waals surface area contributed by atoms with Gasteiger partial charge in [0.25, 0.3) is 0 Å². The maximum Gasteiger partial charge on any atom is 0.316 e. The van der Waals surface area contributed by atoms with Gasteiger partial charge in [-0.3, -0.25) is 9.69 Å². The molecule has 3 fully saturated rings. The Labute approximate surface area is 150 Å². The van der Waals surface area contributed by atoms with Crippen molar-refractivity contribution in [2.45, 2.75) is 49.2 Å². The highest BCUT2D eigenvalue weighted by atomic mass is 79.9. The van der Waals surface area contributed by atoms with Crippen LogP contribution in [0.25, 0.3) is 0 Å². The fourth-order valence-corrected chi connectivity index (χ4v) is 3.79. The molecule has 4 rings (SSSR count). The zero-order valence-electron chi connectivity index (χ0n) is 15.5. The number of morpholine rings is 1. The van der Waals surface area contributed by atoms with Crippen LogP contribution < -0.4 is 0 Å². The lowest BCUT2D eigenvalue weighted by atomic mass is 9.97. The van der Waals surface area contributed by atoms with Crippen molar-refractivity contribution in [3.05, 3.63) is 35.9 Å². The Morgan fingerprint density at radius 2 is 2.04 bits per heavy atom. The second-order valence-corrected chi connectivity index (χ2v) is 6.28. The van der Waals surface area contributed by atoms with Crippen LogP contribution in [0, 0.1) is 0 Å². The van der Waals surface area contributed by atoms with E-state index < -0.39 is 18.9 Å². The number of hydrogen-bond donors (Lipinski definition) is 1. The number of aliphatic hydroxyl groups excluding tert-OH is 1. The minimum atomic E-state index is -2.15. The lowest BCUT2D eigenvalue weighted by Gasteiger charge is -2.38. The third kappa shape index (κ3) is 2.93. The standard InChI is InChI=1S/C17H21NO4.BrH/c1-18-13-7-11(8-14(18)16-15(13)22-16)21-17(20)12(9-19)10-5-3-2-4-6-10;/h2-6,11-16,19H,7-9H2,1H3;1H/t11?,12-,13-,14+,15-,16+;/m1./s1/i1D3;. The fourth-order valence-electron chi connectivity index (χ4n) is 3.79. The van der Waals surface area contributed by atoms with Crippen LogP contribution in [0.4, 0.5) is 0 Å². The summed E-state index contributed by atoms with van der Waals surface area (Å²) in [4.78, 5) is 14.1. The fraction of sp³-hybridized carbons (Fsp3) is 0.588. The average molecular weight is 387 g/mol. The van der Waals surface area contributed by atoms with E-state index in [0.717, 1.165) is 0 Å². The molecule has 0 aliphatic carbocycles. The SMILES string of the molecule is Br.[2H]C([2H])([2H])N1[C@@H]2CC(OC(=O)[C@H](CO)c3ccccc3)C[C@H]1[C@@H]1O[C@@H]12. The molecule has 0 amide bonds. The van der Waals surface area contributed by atoms with Crippen molar-refractivity contribution in [2.24, 2.45) is 0 Å². The van der Waals surface area contributed by atoms with Crippen molar-refractivity contribution < 1.29 is 23.5 Å². The molecule has 5 nitrogen and oxygen atoms in total. The van der Waals surface area contributed by atoms with E-state index >= 15 is 0 Å². The van der Waals surface area contributed by atoms with Crippen molar-refractivity contribution in [2.75, 3.05) is 13.6 Å². The van der Waals surface area contributed by atoms with E-state index in [0.29, 0.717) is 18.4 Å². The summed E-state index contributed by atoms with van der Waals surface area (Å²) in [5.41, 5.74) is 0.712. The molecule has 3 saturated heterocycles. The largest absolute Gasteiger partial charge is 0.462 e. The average Bonchev–Trinajstić information content (AvgIpc) is 3.31. The first-order valence-corrected chi connectivity index (χ1v) is 7.70. The van der Waals surface area contributed by atoms with Gasteiger partial charge in [0.2, 0.25) is 0 Å². The first kappa shape index (κ1) is 13.4. The Morgan fingerprint density at radius 3 is 2.61 bits per heavy atom. The number of likely N-dealkylation sites (N-methyl/N-ethyl adjacent to an activating group) is 1. The summed E-state index contributed by atoms with van der Waals surface area (Å²) < 4.78 is 34.4. The molecule has 6 atom stereocenters. The number of hydrogen-bond acceptors (Lipinski definition) is 5. The van der Waals surface area contributed by atoms with Crippen LogP contribution in [0.15, 0.2) is 30.3 Å². The van der Waals surface area contributed by atoms with Crippen molar-refractivity contribution in [1.29, 1.82) is 0 Å². The van der Waals surface area contributed by atoms with E-state index in [-0.39, 0.29) is 54.0 Å². The van der Waals surface area contributed by atoms with Crippen LogP contribution in [0.5, 0.6) is 0 Å². The lowest BCUT2D eigenvalue weighted by Crippen LogP contribution is -2.48. The number of carbonyl (C=O) groups excluding carboxylic acids is 1. The van der Waals surface area contributed by atoms with Gasteiger partial charge in [-0.15, -0.1) is 17.0 Å². The van der Waals surface area contributed by atoms with Gasteiger partial charge in [-0.2, -0.15) is 0 Å². The maximum absolute atomic E-state index is 12.5. The summed E-state index contributed by atoms with van der Waals surface area (Å²) in [6.07, 6.45) is 0.452. The van der Waals surface area contributed by atoms with Crippen molar-refractivity contribution in [3.8, 4) is 0 Å². The molecule has 23 heavy (non-hydrogen) atoms. The number of piperidine rings is 1. The van der Waals surface area contributed by atoms with Crippen LogP contribution in [-0.2, 0) is 14.3 Å². The van der Waals surface area contributed by atoms with E-state index in [9.17, 15) is 9.90 Å². The molecule has 3 aliphatic heterocycles. The predicted octanol–water partition coefficient (Wildman–Crippen LogP) is 1.50. The molecule has 2 bridgehead atoms. The Hall–Kier alpha value is -0.950. The second-order valence-electron chi connectivity index (χ2n) is 6.28.